The normalized spacial score (nSPS) is 10.8. The molecule has 1 N–H and O–H groups in total. The van der Waals surface area contributed by atoms with Crippen LogP contribution in [-0.4, -0.2) is 14.8 Å². The van der Waals surface area contributed by atoms with Crippen molar-refractivity contribution in [2.75, 3.05) is 5.32 Å². The van der Waals surface area contributed by atoms with E-state index >= 15 is 0 Å². The molecule has 27 heavy (non-hydrogen) atoms. The maximum atomic E-state index is 11.3. The van der Waals surface area contributed by atoms with Crippen molar-refractivity contribution >= 4 is 44.6 Å². The van der Waals surface area contributed by atoms with E-state index in [-0.39, 0.29) is 17.1 Å². The molecule has 0 aliphatic carbocycles. The highest BCUT2D eigenvalue weighted by atomic mass is 16.6. The van der Waals surface area contributed by atoms with Gasteiger partial charge in [0.05, 0.1) is 15.4 Å². The molecule has 1 heterocycles. The molecule has 4 rings (SSSR count). The molecule has 0 saturated carbocycles. The zero-order valence-electron chi connectivity index (χ0n) is 13.8. The van der Waals surface area contributed by atoms with E-state index in [0.29, 0.717) is 16.7 Å². The Kier molecular flexibility index (Phi) is 3.85. The lowest BCUT2D eigenvalue weighted by Gasteiger charge is -2.12. The Morgan fingerprint density at radius 2 is 1.52 bits per heavy atom. The molecule has 0 bridgehead atoms. The molecule has 0 amide bonds. The zero-order chi connectivity index (χ0) is 19.0. The molecule has 8 nitrogen and oxygen atoms in total. The predicted molar refractivity (Wildman–Crippen MR) is 102 cm³/mol. The van der Waals surface area contributed by atoms with Crippen LogP contribution >= 0.6 is 0 Å². The number of nitrogens with one attached hydrogen (secondary N) is 1. The van der Waals surface area contributed by atoms with Gasteiger partial charge < -0.3 is 5.32 Å². The number of pyridine rings is 1. The fourth-order valence-corrected chi connectivity index (χ4v) is 3.02. The van der Waals surface area contributed by atoms with Gasteiger partial charge in [0, 0.05) is 29.0 Å². The third kappa shape index (κ3) is 2.89. The first-order valence-corrected chi connectivity index (χ1v) is 8.02. The van der Waals surface area contributed by atoms with Crippen molar-refractivity contribution in [2.45, 2.75) is 0 Å². The lowest BCUT2D eigenvalue weighted by molar-refractivity contribution is -0.384. The second-order valence-corrected chi connectivity index (χ2v) is 5.86. The van der Waals surface area contributed by atoms with Gasteiger partial charge in [0.15, 0.2) is 0 Å². The fourth-order valence-electron chi connectivity index (χ4n) is 3.02. The summed E-state index contributed by atoms with van der Waals surface area (Å²) < 4.78 is 0. The first-order chi connectivity index (χ1) is 13.0. The highest BCUT2D eigenvalue weighted by Crippen LogP contribution is 2.35. The molecule has 1 aromatic heterocycles. The molecule has 0 fully saturated rings. The predicted octanol–water partition coefficient (Wildman–Crippen LogP) is 4.95. The number of rotatable bonds is 4. The molecular formula is C19H12N4O4. The maximum Gasteiger partial charge on any atom is 0.292 e. The van der Waals surface area contributed by atoms with E-state index in [2.05, 4.69) is 10.3 Å². The van der Waals surface area contributed by atoms with Gasteiger partial charge in [-0.3, -0.25) is 20.2 Å². The summed E-state index contributed by atoms with van der Waals surface area (Å²) in [5, 5.41) is 27.6. The van der Waals surface area contributed by atoms with Gasteiger partial charge in [0.25, 0.3) is 11.4 Å². The highest BCUT2D eigenvalue weighted by Gasteiger charge is 2.17. The van der Waals surface area contributed by atoms with Crippen molar-refractivity contribution < 1.29 is 9.85 Å². The minimum absolute atomic E-state index is 0.0785. The number of aromatic nitrogens is 1. The number of anilines is 2. The first kappa shape index (κ1) is 16.4. The van der Waals surface area contributed by atoms with Crippen molar-refractivity contribution in [3.63, 3.8) is 0 Å². The van der Waals surface area contributed by atoms with Crippen LogP contribution in [0.1, 0.15) is 0 Å². The third-order valence-corrected chi connectivity index (χ3v) is 4.25. The van der Waals surface area contributed by atoms with Gasteiger partial charge in [-0.15, -0.1) is 0 Å². The summed E-state index contributed by atoms with van der Waals surface area (Å²) >= 11 is 0. The van der Waals surface area contributed by atoms with E-state index in [1.54, 1.807) is 24.3 Å². The van der Waals surface area contributed by atoms with Crippen LogP contribution in [0, 0.1) is 20.2 Å². The molecule has 0 atom stereocenters. The summed E-state index contributed by atoms with van der Waals surface area (Å²) in [7, 11) is 0. The molecule has 0 radical (unpaired) electrons. The van der Waals surface area contributed by atoms with E-state index in [4.69, 9.17) is 0 Å². The van der Waals surface area contributed by atoms with Crippen molar-refractivity contribution in [3.8, 4) is 0 Å². The number of non-ortho nitro benzene ring substituents is 1. The molecule has 8 heteroatoms. The smallest absolute Gasteiger partial charge is 0.292 e. The Balaban J connectivity index is 1.99. The summed E-state index contributed by atoms with van der Waals surface area (Å²) in [6, 6.07) is 18.1. The second kappa shape index (κ2) is 6.34. The molecule has 3 aromatic carbocycles. The van der Waals surface area contributed by atoms with Crippen molar-refractivity contribution in [3.05, 3.63) is 87.0 Å². The Labute approximate surface area is 152 Å². The fraction of sp³-hybridized carbons (Fsp3) is 0. The Hall–Kier alpha value is -4.07. The lowest BCUT2D eigenvalue weighted by Crippen LogP contribution is -2.00. The van der Waals surface area contributed by atoms with E-state index in [1.165, 1.54) is 18.2 Å². The number of nitro benzene ring substituents is 2. The summed E-state index contributed by atoms with van der Waals surface area (Å²) in [6.45, 7) is 0. The molecule has 0 unspecified atom stereocenters. The van der Waals surface area contributed by atoms with Gasteiger partial charge in [-0.25, -0.2) is 4.98 Å². The van der Waals surface area contributed by atoms with Crippen LogP contribution in [0.3, 0.4) is 0 Å². The molecule has 4 aromatic rings. The first-order valence-electron chi connectivity index (χ1n) is 8.02. The summed E-state index contributed by atoms with van der Waals surface area (Å²) in [5.41, 5.74) is 0.759. The number of fused-ring (bicyclic) bond motifs is 3. The number of benzene rings is 3. The zero-order valence-corrected chi connectivity index (χ0v) is 13.8. The van der Waals surface area contributed by atoms with Gasteiger partial charge in [-0.2, -0.15) is 0 Å². The van der Waals surface area contributed by atoms with Gasteiger partial charge in [0.2, 0.25) is 0 Å². The molecule has 132 valence electrons. The monoisotopic (exact) mass is 360 g/mol. The largest absolute Gasteiger partial charge is 0.334 e. The minimum atomic E-state index is -0.492. The number of nitrogens with zero attached hydrogens (tertiary/aromatic N) is 3. The van der Waals surface area contributed by atoms with E-state index < -0.39 is 9.85 Å². The maximum absolute atomic E-state index is 11.3. The standard InChI is InChI=1S/C19H12N4O4/c24-22(25)12-9-10-13-14-5-1-2-6-16(14)20-19(15(13)11-12)21-17-7-3-4-8-18(17)23(26)27/h1-11H,(H,20,21). The summed E-state index contributed by atoms with van der Waals surface area (Å²) in [6.07, 6.45) is 0. The number of nitro groups is 2. The number of para-hydroxylation sites is 3. The summed E-state index contributed by atoms with van der Waals surface area (Å²) in [4.78, 5) is 26.1. The quantitative estimate of drug-likeness (QED) is 0.313. The average Bonchev–Trinajstić information content (AvgIpc) is 2.68. The van der Waals surface area contributed by atoms with Crippen molar-refractivity contribution in [1.82, 2.24) is 4.98 Å². The van der Waals surface area contributed by atoms with Crippen LogP contribution in [-0.2, 0) is 0 Å². The molecule has 0 saturated heterocycles. The van der Waals surface area contributed by atoms with Crippen LogP contribution in [0.25, 0.3) is 21.7 Å². The van der Waals surface area contributed by atoms with Gasteiger partial charge in [-0.05, 0) is 23.6 Å². The SMILES string of the molecule is O=[N+]([O-])c1ccc2c(c1)c(Nc1ccccc1[N+](=O)[O-])nc1ccccc12. The van der Waals surface area contributed by atoms with Gasteiger partial charge >= 0.3 is 0 Å². The minimum Gasteiger partial charge on any atom is -0.334 e. The molecule has 0 aliphatic heterocycles. The number of hydrogen-bond acceptors (Lipinski definition) is 6. The molecule has 0 aliphatic rings. The van der Waals surface area contributed by atoms with Crippen molar-refractivity contribution in [2.24, 2.45) is 0 Å². The Bertz CT molecular complexity index is 1220. The molecular weight excluding hydrogens is 348 g/mol. The van der Waals surface area contributed by atoms with E-state index in [1.807, 2.05) is 24.3 Å². The highest BCUT2D eigenvalue weighted by molar-refractivity contribution is 6.11. The van der Waals surface area contributed by atoms with Crippen LogP contribution in [0.4, 0.5) is 22.9 Å². The van der Waals surface area contributed by atoms with E-state index in [0.717, 1.165) is 10.8 Å². The van der Waals surface area contributed by atoms with Gasteiger partial charge in [-0.1, -0.05) is 30.3 Å². The van der Waals surface area contributed by atoms with Crippen LogP contribution in [0.2, 0.25) is 0 Å². The summed E-state index contributed by atoms with van der Waals surface area (Å²) in [5.74, 6) is 0.321. The average molecular weight is 360 g/mol. The Morgan fingerprint density at radius 3 is 2.30 bits per heavy atom. The van der Waals surface area contributed by atoms with Crippen molar-refractivity contribution in [1.29, 1.82) is 0 Å². The van der Waals surface area contributed by atoms with E-state index in [9.17, 15) is 20.2 Å². The second-order valence-electron chi connectivity index (χ2n) is 5.86. The topological polar surface area (TPSA) is 111 Å². The van der Waals surface area contributed by atoms with Gasteiger partial charge in [0.1, 0.15) is 11.5 Å². The third-order valence-electron chi connectivity index (χ3n) is 4.25. The lowest BCUT2D eigenvalue weighted by atomic mass is 10.0. The van der Waals surface area contributed by atoms with Crippen LogP contribution < -0.4 is 5.32 Å². The van der Waals surface area contributed by atoms with Crippen LogP contribution in [0.15, 0.2) is 66.7 Å². The molecule has 0 spiro atoms. The Morgan fingerprint density at radius 1 is 0.778 bits per heavy atom. The van der Waals surface area contributed by atoms with Crippen LogP contribution in [0.5, 0.6) is 0 Å². The number of hydrogen-bond donors (Lipinski definition) is 1.